The zero-order valence-corrected chi connectivity index (χ0v) is 7.50. The molecule has 0 aromatic heterocycles. The molecule has 3 heteroatoms. The number of hydrogen-bond acceptors (Lipinski definition) is 3. The van der Waals surface area contributed by atoms with Crippen LogP contribution in [0.3, 0.4) is 0 Å². The average molecular weight is 175 g/mol. The summed E-state index contributed by atoms with van der Waals surface area (Å²) in [6.45, 7) is 3.18. The Morgan fingerprint density at radius 3 is 2.77 bits per heavy atom. The minimum Gasteiger partial charge on any atom is -0.425 e. The lowest BCUT2D eigenvalue weighted by Gasteiger charge is -2.03. The fourth-order valence-corrected chi connectivity index (χ4v) is 0.975. The molecule has 0 bridgehead atoms. The van der Waals surface area contributed by atoms with Crippen LogP contribution in [0, 0.1) is 18.3 Å². The molecule has 0 saturated carbocycles. The number of hydrogen-bond donors (Lipinski definition) is 0. The van der Waals surface area contributed by atoms with Gasteiger partial charge in [0.15, 0.2) is 0 Å². The smallest absolute Gasteiger partial charge is 0.308 e. The van der Waals surface area contributed by atoms with Crippen LogP contribution in [-0.4, -0.2) is 5.97 Å². The second-order valence-electron chi connectivity index (χ2n) is 2.71. The molecule has 66 valence electrons. The Morgan fingerprint density at radius 1 is 1.54 bits per heavy atom. The monoisotopic (exact) mass is 175 g/mol. The summed E-state index contributed by atoms with van der Waals surface area (Å²) in [7, 11) is 0. The number of nitrogens with zero attached hydrogens (tertiary/aromatic N) is 1. The number of carbonyl (C=O) groups excluding carboxylic acids is 1. The Bertz CT molecular complexity index is 377. The molecule has 0 N–H and O–H groups in total. The zero-order chi connectivity index (χ0) is 9.84. The molecule has 0 aliphatic carbocycles. The van der Waals surface area contributed by atoms with Crippen molar-refractivity contribution in [3.63, 3.8) is 0 Å². The van der Waals surface area contributed by atoms with Crippen molar-refractivity contribution >= 4 is 5.97 Å². The number of benzene rings is 1. The summed E-state index contributed by atoms with van der Waals surface area (Å²) in [6, 6.07) is 7.05. The maximum atomic E-state index is 10.6. The molecule has 0 atom stereocenters. The third-order valence-electron chi connectivity index (χ3n) is 1.51. The van der Waals surface area contributed by atoms with E-state index < -0.39 is 5.97 Å². The Hall–Kier alpha value is -1.82. The molecule has 13 heavy (non-hydrogen) atoms. The van der Waals surface area contributed by atoms with Crippen LogP contribution in [0.15, 0.2) is 18.2 Å². The Morgan fingerprint density at radius 2 is 2.23 bits per heavy atom. The average Bonchev–Trinajstić information content (AvgIpc) is 2.07. The molecule has 0 radical (unpaired) electrons. The van der Waals surface area contributed by atoms with Gasteiger partial charge in [-0.05, 0) is 24.6 Å². The number of rotatable bonds is 1. The number of nitriles is 1. The molecule has 0 heterocycles. The van der Waals surface area contributed by atoms with Gasteiger partial charge in [-0.3, -0.25) is 4.79 Å². The first kappa shape index (κ1) is 9.27. The number of esters is 1. The fraction of sp³-hybridized carbons (Fsp3) is 0.200. The predicted molar refractivity (Wildman–Crippen MR) is 47.2 cm³/mol. The Balaban J connectivity index is 3.08. The molecule has 1 aromatic carbocycles. The molecule has 3 nitrogen and oxygen atoms in total. The molecular formula is C10H9NO2. The predicted octanol–water partition coefficient (Wildman–Crippen LogP) is 1.79. The SMILES string of the molecule is CC(=O)Oc1ccc(C)cc1C#N. The second kappa shape index (κ2) is 3.72. The van der Waals surface area contributed by atoms with Gasteiger partial charge in [0, 0.05) is 6.92 Å². The number of carbonyl (C=O) groups is 1. The van der Waals surface area contributed by atoms with Gasteiger partial charge in [0.05, 0.1) is 5.56 Å². The van der Waals surface area contributed by atoms with Crippen molar-refractivity contribution in [2.24, 2.45) is 0 Å². The molecular weight excluding hydrogens is 166 g/mol. The van der Waals surface area contributed by atoms with Crippen LogP contribution in [0.2, 0.25) is 0 Å². The molecule has 0 fully saturated rings. The van der Waals surface area contributed by atoms with E-state index in [4.69, 9.17) is 10.00 Å². The lowest BCUT2D eigenvalue weighted by atomic mass is 10.1. The molecule has 0 amide bonds. The van der Waals surface area contributed by atoms with E-state index in [1.54, 1.807) is 18.2 Å². The summed E-state index contributed by atoms with van der Waals surface area (Å²) < 4.78 is 4.83. The summed E-state index contributed by atoms with van der Waals surface area (Å²) >= 11 is 0. The summed E-state index contributed by atoms with van der Waals surface area (Å²) in [4.78, 5) is 10.6. The molecule has 0 saturated heterocycles. The fourth-order valence-electron chi connectivity index (χ4n) is 0.975. The summed E-state index contributed by atoms with van der Waals surface area (Å²) in [5.74, 6) is -0.0963. The van der Waals surface area contributed by atoms with Crippen LogP contribution < -0.4 is 4.74 Å². The van der Waals surface area contributed by atoms with Crippen molar-refractivity contribution in [3.8, 4) is 11.8 Å². The lowest BCUT2D eigenvalue weighted by molar-refractivity contribution is -0.131. The molecule has 0 spiro atoms. The first-order valence-electron chi connectivity index (χ1n) is 3.82. The van der Waals surface area contributed by atoms with Gasteiger partial charge in [0.2, 0.25) is 0 Å². The van der Waals surface area contributed by atoms with E-state index in [0.29, 0.717) is 11.3 Å². The summed E-state index contributed by atoms with van der Waals surface area (Å²) in [5, 5.41) is 8.71. The molecule has 0 aliphatic heterocycles. The van der Waals surface area contributed by atoms with Crippen molar-refractivity contribution in [2.45, 2.75) is 13.8 Å². The van der Waals surface area contributed by atoms with E-state index in [1.165, 1.54) is 6.92 Å². The van der Waals surface area contributed by atoms with Gasteiger partial charge in [-0.15, -0.1) is 0 Å². The summed E-state index contributed by atoms with van der Waals surface area (Å²) in [5.41, 5.74) is 1.35. The van der Waals surface area contributed by atoms with Crippen molar-refractivity contribution in [1.29, 1.82) is 5.26 Å². The highest BCUT2D eigenvalue weighted by Crippen LogP contribution is 2.18. The zero-order valence-electron chi connectivity index (χ0n) is 7.50. The van der Waals surface area contributed by atoms with E-state index in [-0.39, 0.29) is 0 Å². The highest BCUT2D eigenvalue weighted by Gasteiger charge is 2.04. The largest absolute Gasteiger partial charge is 0.425 e. The molecule has 0 aliphatic rings. The molecule has 0 unspecified atom stereocenters. The van der Waals surface area contributed by atoms with E-state index in [1.807, 2.05) is 13.0 Å². The van der Waals surface area contributed by atoms with Crippen molar-refractivity contribution in [3.05, 3.63) is 29.3 Å². The minimum atomic E-state index is -0.416. The number of ether oxygens (including phenoxy) is 1. The van der Waals surface area contributed by atoms with Crippen LogP contribution >= 0.6 is 0 Å². The van der Waals surface area contributed by atoms with Gasteiger partial charge in [-0.1, -0.05) is 6.07 Å². The Labute approximate surface area is 76.6 Å². The molecule has 1 rings (SSSR count). The van der Waals surface area contributed by atoms with Gasteiger partial charge in [0.1, 0.15) is 11.8 Å². The van der Waals surface area contributed by atoms with Crippen molar-refractivity contribution < 1.29 is 9.53 Å². The van der Waals surface area contributed by atoms with Gasteiger partial charge >= 0.3 is 5.97 Å². The van der Waals surface area contributed by atoms with Crippen LogP contribution in [0.25, 0.3) is 0 Å². The van der Waals surface area contributed by atoms with Gasteiger partial charge in [0.25, 0.3) is 0 Å². The Kier molecular flexibility index (Phi) is 2.65. The first-order chi connectivity index (χ1) is 6.13. The molecule has 1 aromatic rings. The van der Waals surface area contributed by atoms with Gasteiger partial charge in [-0.2, -0.15) is 5.26 Å². The normalized spacial score (nSPS) is 9.00. The van der Waals surface area contributed by atoms with Crippen LogP contribution in [0.4, 0.5) is 0 Å². The van der Waals surface area contributed by atoms with E-state index >= 15 is 0 Å². The third kappa shape index (κ3) is 2.31. The maximum Gasteiger partial charge on any atom is 0.308 e. The van der Waals surface area contributed by atoms with Gasteiger partial charge in [-0.25, -0.2) is 0 Å². The number of aryl methyl sites for hydroxylation is 1. The van der Waals surface area contributed by atoms with E-state index in [2.05, 4.69) is 0 Å². The van der Waals surface area contributed by atoms with Crippen LogP contribution in [0.1, 0.15) is 18.1 Å². The van der Waals surface area contributed by atoms with Gasteiger partial charge < -0.3 is 4.74 Å². The van der Waals surface area contributed by atoms with Crippen LogP contribution in [0.5, 0.6) is 5.75 Å². The first-order valence-corrected chi connectivity index (χ1v) is 3.82. The third-order valence-corrected chi connectivity index (χ3v) is 1.51. The summed E-state index contributed by atoms with van der Waals surface area (Å²) in [6.07, 6.45) is 0. The quantitative estimate of drug-likeness (QED) is 0.483. The maximum absolute atomic E-state index is 10.6. The highest BCUT2D eigenvalue weighted by atomic mass is 16.5. The van der Waals surface area contributed by atoms with Crippen LogP contribution in [-0.2, 0) is 4.79 Å². The highest BCUT2D eigenvalue weighted by molar-refractivity contribution is 5.70. The topological polar surface area (TPSA) is 50.1 Å². The minimum absolute atomic E-state index is 0.320. The van der Waals surface area contributed by atoms with Crippen molar-refractivity contribution in [2.75, 3.05) is 0 Å². The van der Waals surface area contributed by atoms with E-state index in [9.17, 15) is 4.79 Å². The lowest BCUT2D eigenvalue weighted by Crippen LogP contribution is -2.02. The second-order valence-corrected chi connectivity index (χ2v) is 2.71. The van der Waals surface area contributed by atoms with E-state index in [0.717, 1.165) is 5.56 Å². The standard InChI is InChI=1S/C10H9NO2/c1-7-3-4-10(13-8(2)12)9(5-7)6-11/h3-5H,1-2H3. The van der Waals surface area contributed by atoms with Crippen molar-refractivity contribution in [1.82, 2.24) is 0 Å².